The summed E-state index contributed by atoms with van der Waals surface area (Å²) in [7, 11) is 1.57. The van der Waals surface area contributed by atoms with Crippen molar-refractivity contribution in [3.05, 3.63) is 35.6 Å². The Morgan fingerprint density at radius 2 is 2.05 bits per heavy atom. The zero-order valence-corrected chi connectivity index (χ0v) is 11.3. The van der Waals surface area contributed by atoms with Gasteiger partial charge in [0.05, 0.1) is 11.1 Å². The Kier molecular flexibility index (Phi) is 3.26. The fraction of sp³-hybridized carbons (Fsp3) is 0.333. The predicted octanol–water partition coefficient (Wildman–Crippen LogP) is 2.33. The van der Waals surface area contributed by atoms with Crippen molar-refractivity contribution < 1.29 is 9.18 Å². The fourth-order valence-corrected chi connectivity index (χ4v) is 2.61. The van der Waals surface area contributed by atoms with Gasteiger partial charge in [-0.05, 0) is 37.1 Å². The van der Waals surface area contributed by atoms with E-state index in [0.29, 0.717) is 16.5 Å². The molecule has 1 aliphatic rings. The number of anilines is 1. The van der Waals surface area contributed by atoms with E-state index >= 15 is 0 Å². The minimum absolute atomic E-state index is 0.219. The molecule has 0 spiro atoms. The highest BCUT2D eigenvalue weighted by Crippen LogP contribution is 2.26. The Balaban J connectivity index is 2.19. The lowest BCUT2D eigenvalue weighted by Gasteiger charge is -2.18. The first-order valence-electron chi connectivity index (χ1n) is 6.76. The van der Waals surface area contributed by atoms with Crippen molar-refractivity contribution in [1.29, 1.82) is 0 Å². The molecule has 0 radical (unpaired) electrons. The van der Waals surface area contributed by atoms with Gasteiger partial charge in [0.25, 0.3) is 5.91 Å². The maximum absolute atomic E-state index is 13.4. The molecule has 2 heterocycles. The number of fused-ring (bicyclic) bond motifs is 1. The monoisotopic (exact) mass is 273 g/mol. The second kappa shape index (κ2) is 5.07. The van der Waals surface area contributed by atoms with Crippen molar-refractivity contribution in [1.82, 2.24) is 10.3 Å². The van der Waals surface area contributed by atoms with Crippen molar-refractivity contribution in [2.75, 3.05) is 25.0 Å². The Morgan fingerprint density at radius 3 is 2.75 bits per heavy atom. The first kappa shape index (κ1) is 12.8. The third kappa shape index (κ3) is 2.19. The van der Waals surface area contributed by atoms with Crippen LogP contribution in [-0.2, 0) is 0 Å². The van der Waals surface area contributed by atoms with E-state index in [-0.39, 0.29) is 11.7 Å². The van der Waals surface area contributed by atoms with Gasteiger partial charge in [0.2, 0.25) is 0 Å². The van der Waals surface area contributed by atoms with E-state index in [9.17, 15) is 9.18 Å². The molecule has 0 aliphatic carbocycles. The quantitative estimate of drug-likeness (QED) is 0.913. The maximum Gasteiger partial charge on any atom is 0.251 e. The van der Waals surface area contributed by atoms with Crippen LogP contribution in [0, 0.1) is 5.82 Å². The zero-order chi connectivity index (χ0) is 14.1. The molecule has 0 saturated carbocycles. The van der Waals surface area contributed by atoms with Crippen molar-refractivity contribution in [3.8, 4) is 0 Å². The largest absolute Gasteiger partial charge is 0.357 e. The molecule has 20 heavy (non-hydrogen) atoms. The molecule has 2 aromatic rings. The molecule has 5 heteroatoms. The first-order chi connectivity index (χ1) is 9.69. The van der Waals surface area contributed by atoms with E-state index in [1.807, 2.05) is 0 Å². The summed E-state index contributed by atoms with van der Waals surface area (Å²) in [6.07, 6.45) is 2.27. The Hall–Kier alpha value is -2.17. The Bertz CT molecular complexity index is 665. The van der Waals surface area contributed by atoms with Gasteiger partial charge in [0, 0.05) is 25.5 Å². The van der Waals surface area contributed by atoms with Crippen molar-refractivity contribution in [2.45, 2.75) is 12.8 Å². The fourth-order valence-electron chi connectivity index (χ4n) is 2.61. The highest BCUT2D eigenvalue weighted by Gasteiger charge is 2.18. The molecule has 0 bridgehead atoms. The summed E-state index contributed by atoms with van der Waals surface area (Å²) in [5, 5.41) is 3.15. The second-order valence-electron chi connectivity index (χ2n) is 4.96. The summed E-state index contributed by atoms with van der Waals surface area (Å²) in [6.45, 7) is 1.90. The number of nitrogens with one attached hydrogen (secondary N) is 1. The number of pyridine rings is 1. The molecule has 0 unspecified atom stereocenters. The van der Waals surface area contributed by atoms with Crippen LogP contribution in [0.25, 0.3) is 10.9 Å². The van der Waals surface area contributed by atoms with Gasteiger partial charge in [-0.1, -0.05) is 0 Å². The topological polar surface area (TPSA) is 45.2 Å². The highest BCUT2D eigenvalue weighted by atomic mass is 19.1. The summed E-state index contributed by atoms with van der Waals surface area (Å²) >= 11 is 0. The lowest BCUT2D eigenvalue weighted by Crippen LogP contribution is -2.22. The van der Waals surface area contributed by atoms with Gasteiger partial charge in [0.1, 0.15) is 11.6 Å². The molecular weight excluding hydrogens is 257 g/mol. The lowest BCUT2D eigenvalue weighted by molar-refractivity contribution is 0.0964. The van der Waals surface area contributed by atoms with Gasteiger partial charge < -0.3 is 10.2 Å². The van der Waals surface area contributed by atoms with E-state index in [2.05, 4.69) is 15.2 Å². The van der Waals surface area contributed by atoms with Gasteiger partial charge in [-0.25, -0.2) is 9.37 Å². The molecule has 1 fully saturated rings. The number of halogens is 1. The number of aromatic nitrogens is 1. The van der Waals surface area contributed by atoms with E-state index in [4.69, 9.17) is 0 Å². The molecule has 1 saturated heterocycles. The molecule has 3 rings (SSSR count). The van der Waals surface area contributed by atoms with Crippen LogP contribution in [0.15, 0.2) is 24.3 Å². The maximum atomic E-state index is 13.4. The summed E-state index contributed by atoms with van der Waals surface area (Å²) in [5.41, 5.74) is 1.12. The summed E-state index contributed by atoms with van der Waals surface area (Å²) in [4.78, 5) is 18.7. The van der Waals surface area contributed by atoms with E-state index < -0.39 is 0 Å². The Morgan fingerprint density at radius 1 is 1.30 bits per heavy atom. The zero-order valence-electron chi connectivity index (χ0n) is 11.3. The number of rotatable bonds is 2. The van der Waals surface area contributed by atoms with Gasteiger partial charge in [0.15, 0.2) is 0 Å². The third-order valence-corrected chi connectivity index (χ3v) is 3.66. The van der Waals surface area contributed by atoms with Crippen LogP contribution in [-0.4, -0.2) is 31.0 Å². The van der Waals surface area contributed by atoms with E-state index in [1.165, 1.54) is 12.1 Å². The molecule has 1 aliphatic heterocycles. The lowest BCUT2D eigenvalue weighted by atomic mass is 10.1. The Labute approximate surface area is 116 Å². The number of amides is 1. The molecule has 0 atom stereocenters. The predicted molar refractivity (Wildman–Crippen MR) is 76.5 cm³/mol. The van der Waals surface area contributed by atoms with Crippen LogP contribution in [0.2, 0.25) is 0 Å². The summed E-state index contributed by atoms with van der Waals surface area (Å²) in [6, 6.07) is 6.11. The van der Waals surface area contributed by atoms with Crippen LogP contribution in [0.3, 0.4) is 0 Å². The van der Waals surface area contributed by atoms with Gasteiger partial charge >= 0.3 is 0 Å². The third-order valence-electron chi connectivity index (χ3n) is 3.66. The van der Waals surface area contributed by atoms with Crippen LogP contribution in [0.5, 0.6) is 0 Å². The number of benzene rings is 1. The molecule has 1 N–H and O–H groups in total. The van der Waals surface area contributed by atoms with Crippen LogP contribution < -0.4 is 10.2 Å². The van der Waals surface area contributed by atoms with Gasteiger partial charge in [-0.3, -0.25) is 4.79 Å². The number of carbonyl (C=O) groups is 1. The number of nitrogens with zero attached hydrogens (tertiary/aromatic N) is 2. The minimum Gasteiger partial charge on any atom is -0.357 e. The van der Waals surface area contributed by atoms with Crippen molar-refractivity contribution in [3.63, 3.8) is 0 Å². The highest BCUT2D eigenvalue weighted by molar-refractivity contribution is 6.06. The number of hydrogen-bond donors (Lipinski definition) is 1. The number of carbonyl (C=O) groups excluding carboxylic acids is 1. The average Bonchev–Trinajstić information content (AvgIpc) is 2.99. The molecule has 1 aromatic carbocycles. The van der Waals surface area contributed by atoms with Crippen molar-refractivity contribution in [2.24, 2.45) is 0 Å². The van der Waals surface area contributed by atoms with E-state index in [0.717, 1.165) is 31.7 Å². The van der Waals surface area contributed by atoms with Crippen LogP contribution in [0.1, 0.15) is 23.2 Å². The summed E-state index contributed by atoms with van der Waals surface area (Å²) < 4.78 is 13.4. The molecule has 1 aromatic heterocycles. The second-order valence-corrected chi connectivity index (χ2v) is 4.96. The van der Waals surface area contributed by atoms with Gasteiger partial charge in [-0.2, -0.15) is 0 Å². The standard InChI is InChI=1S/C15H16FN3O/c1-17-15(20)12-9-14(19-6-2-3-7-19)18-13-5-4-10(16)8-11(12)13/h4-5,8-9H,2-3,6-7H2,1H3,(H,17,20). The van der Waals surface area contributed by atoms with Gasteiger partial charge in [-0.15, -0.1) is 0 Å². The SMILES string of the molecule is CNC(=O)c1cc(N2CCCC2)nc2ccc(F)cc12. The van der Waals surface area contributed by atoms with E-state index in [1.54, 1.807) is 19.2 Å². The molecule has 104 valence electrons. The summed E-state index contributed by atoms with van der Waals surface area (Å²) in [5.74, 6) is 0.210. The average molecular weight is 273 g/mol. The number of hydrogen-bond acceptors (Lipinski definition) is 3. The minimum atomic E-state index is -0.363. The van der Waals surface area contributed by atoms with Crippen LogP contribution >= 0.6 is 0 Å². The van der Waals surface area contributed by atoms with Crippen molar-refractivity contribution >= 4 is 22.6 Å². The van der Waals surface area contributed by atoms with Crippen LogP contribution in [0.4, 0.5) is 10.2 Å². The smallest absolute Gasteiger partial charge is 0.251 e. The molecule has 1 amide bonds. The normalized spacial score (nSPS) is 14.8. The molecular formula is C15H16FN3O. The molecule has 4 nitrogen and oxygen atoms in total. The first-order valence-corrected chi connectivity index (χ1v) is 6.76.